The van der Waals surface area contributed by atoms with Gasteiger partial charge in [0, 0.05) is 12.5 Å². The average Bonchev–Trinajstić information content (AvgIpc) is 2.90. The van der Waals surface area contributed by atoms with Gasteiger partial charge in [-0.1, -0.05) is 80.4 Å². The van der Waals surface area contributed by atoms with E-state index < -0.39 is 5.97 Å². The number of carbonyl (C=O) groups excluding carboxylic acids is 2. The summed E-state index contributed by atoms with van der Waals surface area (Å²) in [6.07, 6.45) is 7.50. The van der Waals surface area contributed by atoms with Crippen LogP contribution in [0, 0.1) is 5.92 Å². The van der Waals surface area contributed by atoms with Crippen molar-refractivity contribution in [3.05, 3.63) is 71.3 Å². The first-order chi connectivity index (χ1) is 18.2. The molecule has 0 aliphatic heterocycles. The first kappa shape index (κ1) is 30.8. The minimum absolute atomic E-state index is 0.0946. The molecule has 0 aromatic heterocycles. The van der Waals surface area contributed by atoms with Gasteiger partial charge in [-0.3, -0.25) is 14.4 Å². The quantitative estimate of drug-likeness (QED) is 0.194. The number of hydrogen-bond donors (Lipinski definition) is 2. The molecule has 0 radical (unpaired) electrons. The number of carbonyl (C=O) groups is 3. The maximum absolute atomic E-state index is 12.3. The van der Waals surface area contributed by atoms with E-state index in [1.54, 1.807) is 13.8 Å². The minimum Gasteiger partial charge on any atom is -0.481 e. The largest absolute Gasteiger partial charge is 0.481 e. The predicted octanol–water partition coefficient (Wildman–Crippen LogP) is 6.51. The second-order valence-electron chi connectivity index (χ2n) is 10.0. The molecule has 0 unspecified atom stereocenters. The first-order valence-corrected chi connectivity index (χ1v) is 13.7. The molecule has 0 saturated heterocycles. The Morgan fingerprint density at radius 3 is 2.08 bits per heavy atom. The number of ether oxygens (including phenoxy) is 1. The summed E-state index contributed by atoms with van der Waals surface area (Å²) in [5.74, 6) is -2.04. The third-order valence-corrected chi connectivity index (χ3v) is 6.59. The molecular weight excluding hydrogens is 478 g/mol. The number of rotatable bonds is 16. The van der Waals surface area contributed by atoms with Crippen molar-refractivity contribution in [1.82, 2.24) is 5.32 Å². The number of carboxylic acids is 1. The summed E-state index contributed by atoms with van der Waals surface area (Å²) < 4.78 is 5.12. The Labute approximate surface area is 227 Å². The van der Waals surface area contributed by atoms with Gasteiger partial charge in [0.25, 0.3) is 0 Å². The summed E-state index contributed by atoms with van der Waals surface area (Å²) in [7, 11) is 0. The number of benzene rings is 2. The van der Waals surface area contributed by atoms with Crippen LogP contribution in [0.1, 0.15) is 77.3 Å². The summed E-state index contributed by atoms with van der Waals surface area (Å²) in [6.45, 7) is 8.26. The van der Waals surface area contributed by atoms with E-state index in [1.807, 2.05) is 12.1 Å². The number of aliphatic carboxylic acids is 1. The van der Waals surface area contributed by atoms with Crippen LogP contribution < -0.4 is 5.32 Å². The van der Waals surface area contributed by atoms with E-state index in [0.717, 1.165) is 29.5 Å². The molecule has 2 rings (SSSR count). The molecule has 0 bridgehead atoms. The van der Waals surface area contributed by atoms with Gasteiger partial charge in [0.15, 0.2) is 0 Å². The number of nitrogens with one attached hydrogen (secondary N) is 1. The van der Waals surface area contributed by atoms with Crippen molar-refractivity contribution >= 4 is 17.8 Å². The molecule has 2 aromatic carbocycles. The molecule has 2 atom stereocenters. The van der Waals surface area contributed by atoms with Gasteiger partial charge in [0.1, 0.15) is 0 Å². The number of hydrogen-bond acceptors (Lipinski definition) is 4. The lowest BCUT2D eigenvalue weighted by Gasteiger charge is -2.22. The van der Waals surface area contributed by atoms with Crippen molar-refractivity contribution in [1.29, 1.82) is 0 Å². The number of allylic oxidation sites excluding steroid dienone is 2. The molecule has 206 valence electrons. The zero-order chi connectivity index (χ0) is 27.9. The third-order valence-electron chi connectivity index (χ3n) is 6.59. The normalized spacial score (nSPS) is 13.0. The Bertz CT molecular complexity index is 1060. The van der Waals surface area contributed by atoms with Gasteiger partial charge < -0.3 is 15.2 Å². The molecule has 0 aliphatic carbocycles. The minimum atomic E-state index is -1.02. The van der Waals surface area contributed by atoms with Crippen LogP contribution in [0.5, 0.6) is 0 Å². The van der Waals surface area contributed by atoms with Crippen molar-refractivity contribution in [2.45, 2.75) is 85.1 Å². The molecule has 0 heterocycles. The number of esters is 1. The standard InChI is InChI=1S/C32H43NO5/c1-5-7-8-23(3)9-10-25-11-15-27(16-12-25)28-17-13-26(14-18-28)22-29(21-24(4)32(37)38-6-2)33-30(34)19-20-31(35)36/h9,11-18,24,29H,5-8,10,19-22H2,1-4H3,(H,33,34)(H,35,36)/b23-9-/t24-,29+/m1/s1. The van der Waals surface area contributed by atoms with Crippen LogP contribution in [0.2, 0.25) is 0 Å². The fourth-order valence-corrected chi connectivity index (χ4v) is 4.32. The Morgan fingerprint density at radius 1 is 0.921 bits per heavy atom. The number of amides is 1. The molecule has 0 spiro atoms. The Morgan fingerprint density at radius 2 is 1.53 bits per heavy atom. The van der Waals surface area contributed by atoms with Crippen molar-refractivity contribution in [2.75, 3.05) is 6.61 Å². The average molecular weight is 522 g/mol. The fraction of sp³-hybridized carbons (Fsp3) is 0.469. The van der Waals surface area contributed by atoms with Gasteiger partial charge in [-0.2, -0.15) is 0 Å². The maximum atomic E-state index is 12.3. The molecule has 1 amide bonds. The van der Waals surface area contributed by atoms with E-state index >= 15 is 0 Å². The molecule has 38 heavy (non-hydrogen) atoms. The monoisotopic (exact) mass is 521 g/mol. The second-order valence-corrected chi connectivity index (χ2v) is 10.0. The summed E-state index contributed by atoms with van der Waals surface area (Å²) in [4.78, 5) is 35.3. The molecule has 2 aromatic rings. The highest BCUT2D eigenvalue weighted by molar-refractivity contribution is 5.81. The van der Waals surface area contributed by atoms with Crippen molar-refractivity contribution in [3.8, 4) is 11.1 Å². The topological polar surface area (TPSA) is 92.7 Å². The summed E-state index contributed by atoms with van der Waals surface area (Å²) in [6, 6.07) is 16.5. The van der Waals surface area contributed by atoms with Crippen molar-refractivity contribution in [2.24, 2.45) is 5.92 Å². The fourth-order valence-electron chi connectivity index (χ4n) is 4.32. The van der Waals surface area contributed by atoms with E-state index in [9.17, 15) is 14.4 Å². The number of carboxylic acid groups (broad SMARTS) is 1. The highest BCUT2D eigenvalue weighted by Crippen LogP contribution is 2.22. The van der Waals surface area contributed by atoms with Crippen LogP contribution in [-0.2, 0) is 32.0 Å². The number of unbranched alkanes of at least 4 members (excludes halogenated alkanes) is 1. The Kier molecular flexibility index (Phi) is 13.3. The van der Waals surface area contributed by atoms with E-state index in [-0.39, 0.29) is 36.7 Å². The molecule has 6 heteroatoms. The lowest BCUT2D eigenvalue weighted by Crippen LogP contribution is -2.39. The van der Waals surface area contributed by atoms with Crippen LogP contribution in [0.25, 0.3) is 11.1 Å². The summed E-state index contributed by atoms with van der Waals surface area (Å²) in [5, 5.41) is 11.8. The second kappa shape index (κ2) is 16.4. The SMILES string of the molecule is CCCC/C(C)=C\Cc1ccc(-c2ccc(C[C@H](C[C@@H](C)C(=O)OCC)NC(=O)CCC(=O)O)cc2)cc1. The Hall–Kier alpha value is -3.41. The smallest absolute Gasteiger partial charge is 0.308 e. The van der Waals surface area contributed by atoms with Crippen LogP contribution >= 0.6 is 0 Å². The lowest BCUT2D eigenvalue weighted by atomic mass is 9.94. The molecule has 0 fully saturated rings. The molecule has 6 nitrogen and oxygen atoms in total. The molecular formula is C32H43NO5. The highest BCUT2D eigenvalue weighted by Gasteiger charge is 2.22. The molecule has 2 N–H and O–H groups in total. The van der Waals surface area contributed by atoms with E-state index in [4.69, 9.17) is 9.84 Å². The predicted molar refractivity (Wildman–Crippen MR) is 152 cm³/mol. The van der Waals surface area contributed by atoms with Crippen LogP contribution in [0.15, 0.2) is 60.2 Å². The van der Waals surface area contributed by atoms with Crippen LogP contribution in [-0.4, -0.2) is 35.6 Å². The third kappa shape index (κ3) is 11.3. The van der Waals surface area contributed by atoms with E-state index in [2.05, 4.69) is 61.6 Å². The lowest BCUT2D eigenvalue weighted by molar-refractivity contribution is -0.148. The Balaban J connectivity index is 2.05. The van der Waals surface area contributed by atoms with Gasteiger partial charge in [-0.15, -0.1) is 0 Å². The van der Waals surface area contributed by atoms with Crippen LogP contribution in [0.4, 0.5) is 0 Å². The van der Waals surface area contributed by atoms with Gasteiger partial charge in [0.2, 0.25) is 5.91 Å². The first-order valence-electron chi connectivity index (χ1n) is 13.7. The van der Waals surface area contributed by atoms with E-state index in [1.165, 1.54) is 24.0 Å². The van der Waals surface area contributed by atoms with Gasteiger partial charge in [0.05, 0.1) is 18.9 Å². The van der Waals surface area contributed by atoms with E-state index in [0.29, 0.717) is 19.4 Å². The zero-order valence-corrected chi connectivity index (χ0v) is 23.3. The summed E-state index contributed by atoms with van der Waals surface area (Å²) in [5.41, 5.74) is 6.01. The van der Waals surface area contributed by atoms with Crippen molar-refractivity contribution in [3.63, 3.8) is 0 Å². The zero-order valence-electron chi connectivity index (χ0n) is 23.3. The van der Waals surface area contributed by atoms with Crippen LogP contribution in [0.3, 0.4) is 0 Å². The molecule has 0 aliphatic rings. The highest BCUT2D eigenvalue weighted by atomic mass is 16.5. The molecule has 0 saturated carbocycles. The summed E-state index contributed by atoms with van der Waals surface area (Å²) >= 11 is 0. The van der Waals surface area contributed by atoms with Gasteiger partial charge in [-0.05, 0) is 68.2 Å². The van der Waals surface area contributed by atoms with Gasteiger partial charge >= 0.3 is 11.9 Å². The van der Waals surface area contributed by atoms with Crippen molar-refractivity contribution < 1.29 is 24.2 Å². The van der Waals surface area contributed by atoms with Gasteiger partial charge in [-0.25, -0.2) is 0 Å². The maximum Gasteiger partial charge on any atom is 0.308 e.